The number of methoxy groups -OCH3 is 1. The zero-order chi connectivity index (χ0) is 19.2. The molecule has 0 spiro atoms. The zero-order valence-electron chi connectivity index (χ0n) is 15.0. The summed E-state index contributed by atoms with van der Waals surface area (Å²) in [4.78, 5) is 16.2. The van der Waals surface area contributed by atoms with Crippen LogP contribution < -0.4 is 14.8 Å². The van der Waals surface area contributed by atoms with Crippen molar-refractivity contribution in [3.8, 4) is 22.1 Å². The first-order valence-corrected chi connectivity index (χ1v) is 9.28. The smallest absolute Gasteiger partial charge is 0.270 e. The Labute approximate surface area is 160 Å². The Bertz CT molecular complexity index is 942. The molecular weight excluding hydrogens is 367 g/mol. The predicted octanol–water partition coefficient (Wildman–Crippen LogP) is 4.29. The van der Waals surface area contributed by atoms with Crippen LogP contribution in [0.5, 0.6) is 11.5 Å². The highest BCUT2D eigenvalue weighted by atomic mass is 32.1. The maximum Gasteiger partial charge on any atom is 0.270 e. The molecule has 1 amide bonds. The van der Waals surface area contributed by atoms with Crippen molar-refractivity contribution in [3.63, 3.8) is 0 Å². The summed E-state index contributed by atoms with van der Waals surface area (Å²) >= 11 is 1.38. The average Bonchev–Trinajstić information content (AvgIpc) is 3.18. The lowest BCUT2D eigenvalue weighted by molar-refractivity contribution is 0.0951. The lowest BCUT2D eigenvalue weighted by atomic mass is 10.2. The number of carbonyl (C=O) groups excluding carboxylic acids is 1. The number of halogens is 1. The topological polar surface area (TPSA) is 60.5 Å². The number of nitrogens with one attached hydrogen (secondary N) is 1. The SMILES string of the molecule is CCNC(=O)c1csc(-c2ccc(OCc3ccccc3F)c(OC)c2)n1. The standard InChI is InChI=1S/C20H19FN2O3S/c1-3-22-19(24)16-12-27-20(23-16)13-8-9-17(18(10-13)25-2)26-11-14-6-4-5-7-15(14)21/h4-10,12H,3,11H2,1-2H3,(H,22,24). The maximum atomic E-state index is 13.7. The summed E-state index contributed by atoms with van der Waals surface area (Å²) in [5, 5.41) is 5.15. The molecule has 7 heteroatoms. The van der Waals surface area contributed by atoms with E-state index in [1.54, 1.807) is 35.7 Å². The van der Waals surface area contributed by atoms with E-state index >= 15 is 0 Å². The Kier molecular flexibility index (Phi) is 6.03. The Balaban J connectivity index is 1.78. The molecule has 27 heavy (non-hydrogen) atoms. The molecule has 0 aliphatic heterocycles. The number of thiazole rings is 1. The Morgan fingerprint density at radius 1 is 1.22 bits per heavy atom. The number of ether oxygens (including phenoxy) is 2. The third-order valence-corrected chi connectivity index (χ3v) is 4.72. The summed E-state index contributed by atoms with van der Waals surface area (Å²) in [5.74, 6) is 0.508. The Hall–Kier alpha value is -2.93. The molecule has 1 N–H and O–H groups in total. The van der Waals surface area contributed by atoms with Crippen LogP contribution in [0.3, 0.4) is 0 Å². The largest absolute Gasteiger partial charge is 0.493 e. The van der Waals surface area contributed by atoms with E-state index in [1.807, 2.05) is 13.0 Å². The van der Waals surface area contributed by atoms with Crippen molar-refractivity contribution in [2.24, 2.45) is 0 Å². The minimum Gasteiger partial charge on any atom is -0.493 e. The second kappa shape index (κ2) is 8.64. The Morgan fingerprint density at radius 3 is 2.78 bits per heavy atom. The van der Waals surface area contributed by atoms with Crippen LogP contribution in [-0.4, -0.2) is 24.5 Å². The average molecular weight is 386 g/mol. The molecule has 140 valence electrons. The van der Waals surface area contributed by atoms with Crippen LogP contribution >= 0.6 is 11.3 Å². The normalized spacial score (nSPS) is 10.5. The molecule has 0 aliphatic rings. The van der Waals surface area contributed by atoms with Gasteiger partial charge in [0.15, 0.2) is 11.5 Å². The summed E-state index contributed by atoms with van der Waals surface area (Å²) in [6.07, 6.45) is 0. The van der Waals surface area contributed by atoms with Gasteiger partial charge in [0.1, 0.15) is 23.1 Å². The third-order valence-electron chi connectivity index (χ3n) is 3.83. The first kappa shape index (κ1) is 18.8. The van der Waals surface area contributed by atoms with E-state index in [9.17, 15) is 9.18 Å². The number of amides is 1. The van der Waals surface area contributed by atoms with Gasteiger partial charge in [-0.05, 0) is 31.2 Å². The minimum absolute atomic E-state index is 0.0982. The summed E-state index contributed by atoms with van der Waals surface area (Å²) in [7, 11) is 1.54. The molecule has 0 atom stereocenters. The lowest BCUT2D eigenvalue weighted by Crippen LogP contribution is -2.22. The molecule has 3 rings (SSSR count). The molecule has 2 aromatic carbocycles. The molecule has 0 fully saturated rings. The highest BCUT2D eigenvalue weighted by molar-refractivity contribution is 7.13. The van der Waals surface area contributed by atoms with Crippen molar-refractivity contribution in [2.45, 2.75) is 13.5 Å². The molecule has 1 heterocycles. The molecule has 0 bridgehead atoms. The monoisotopic (exact) mass is 386 g/mol. The van der Waals surface area contributed by atoms with E-state index < -0.39 is 0 Å². The Morgan fingerprint density at radius 2 is 2.04 bits per heavy atom. The number of aromatic nitrogens is 1. The van der Waals surface area contributed by atoms with Gasteiger partial charge in [-0.25, -0.2) is 9.37 Å². The van der Waals surface area contributed by atoms with E-state index in [1.165, 1.54) is 24.5 Å². The molecular formula is C20H19FN2O3S. The van der Waals surface area contributed by atoms with Gasteiger partial charge in [0.2, 0.25) is 0 Å². The van der Waals surface area contributed by atoms with Crippen molar-refractivity contribution >= 4 is 17.2 Å². The van der Waals surface area contributed by atoms with Crippen molar-refractivity contribution in [1.82, 2.24) is 10.3 Å². The van der Waals surface area contributed by atoms with Gasteiger partial charge in [0.05, 0.1) is 7.11 Å². The van der Waals surface area contributed by atoms with Crippen LogP contribution in [0, 0.1) is 5.82 Å². The quantitative estimate of drug-likeness (QED) is 0.658. The molecule has 3 aromatic rings. The summed E-state index contributed by atoms with van der Waals surface area (Å²) in [5.41, 5.74) is 1.66. The van der Waals surface area contributed by atoms with E-state index in [0.717, 1.165) is 5.56 Å². The molecule has 0 radical (unpaired) electrons. The van der Waals surface area contributed by atoms with Crippen molar-refractivity contribution in [2.75, 3.05) is 13.7 Å². The van der Waals surface area contributed by atoms with Crippen molar-refractivity contribution in [1.29, 1.82) is 0 Å². The van der Waals surface area contributed by atoms with Crippen LogP contribution in [0.25, 0.3) is 10.6 Å². The van der Waals surface area contributed by atoms with Crippen molar-refractivity contribution < 1.29 is 18.7 Å². The number of hydrogen-bond donors (Lipinski definition) is 1. The lowest BCUT2D eigenvalue weighted by Gasteiger charge is -2.12. The fraction of sp³-hybridized carbons (Fsp3) is 0.200. The van der Waals surface area contributed by atoms with E-state index in [0.29, 0.717) is 34.3 Å². The summed E-state index contributed by atoms with van der Waals surface area (Å²) < 4.78 is 24.8. The first-order valence-electron chi connectivity index (χ1n) is 8.40. The minimum atomic E-state index is -0.311. The fourth-order valence-electron chi connectivity index (χ4n) is 2.45. The van der Waals surface area contributed by atoms with Crippen LogP contribution in [0.15, 0.2) is 47.8 Å². The summed E-state index contributed by atoms with van der Waals surface area (Å²) in [6.45, 7) is 2.50. The van der Waals surface area contributed by atoms with Gasteiger partial charge in [-0.15, -0.1) is 11.3 Å². The molecule has 0 unspecified atom stereocenters. The number of carbonyl (C=O) groups is 1. The van der Waals surface area contributed by atoms with E-state index in [2.05, 4.69) is 10.3 Å². The van der Waals surface area contributed by atoms with Gasteiger partial charge in [-0.3, -0.25) is 4.79 Å². The zero-order valence-corrected chi connectivity index (χ0v) is 15.8. The number of nitrogens with zero attached hydrogens (tertiary/aromatic N) is 1. The molecule has 5 nitrogen and oxygen atoms in total. The van der Waals surface area contributed by atoms with E-state index in [-0.39, 0.29) is 18.3 Å². The van der Waals surface area contributed by atoms with Gasteiger partial charge in [0.25, 0.3) is 5.91 Å². The second-order valence-corrected chi connectivity index (χ2v) is 6.50. The van der Waals surface area contributed by atoms with Crippen LogP contribution in [-0.2, 0) is 6.61 Å². The summed E-state index contributed by atoms with van der Waals surface area (Å²) in [6, 6.07) is 11.8. The van der Waals surface area contributed by atoms with Gasteiger partial charge in [-0.1, -0.05) is 18.2 Å². The van der Waals surface area contributed by atoms with Crippen LogP contribution in [0.2, 0.25) is 0 Å². The first-order chi connectivity index (χ1) is 13.1. The predicted molar refractivity (Wildman–Crippen MR) is 103 cm³/mol. The van der Waals surface area contributed by atoms with Gasteiger partial charge in [-0.2, -0.15) is 0 Å². The molecule has 0 saturated carbocycles. The molecule has 0 aliphatic carbocycles. The van der Waals surface area contributed by atoms with Gasteiger partial charge < -0.3 is 14.8 Å². The molecule has 0 saturated heterocycles. The fourth-order valence-corrected chi connectivity index (χ4v) is 3.25. The maximum absolute atomic E-state index is 13.7. The van der Waals surface area contributed by atoms with Crippen LogP contribution in [0.1, 0.15) is 23.0 Å². The van der Waals surface area contributed by atoms with E-state index in [4.69, 9.17) is 9.47 Å². The number of rotatable bonds is 7. The third kappa shape index (κ3) is 4.43. The van der Waals surface area contributed by atoms with Crippen molar-refractivity contribution in [3.05, 3.63) is 64.9 Å². The number of benzene rings is 2. The second-order valence-electron chi connectivity index (χ2n) is 5.64. The highest BCUT2D eigenvalue weighted by Crippen LogP contribution is 2.34. The van der Waals surface area contributed by atoms with Crippen LogP contribution in [0.4, 0.5) is 4.39 Å². The number of hydrogen-bond acceptors (Lipinski definition) is 5. The molecule has 1 aromatic heterocycles. The van der Waals surface area contributed by atoms with Gasteiger partial charge >= 0.3 is 0 Å². The highest BCUT2D eigenvalue weighted by Gasteiger charge is 2.14. The van der Waals surface area contributed by atoms with Gasteiger partial charge in [0, 0.05) is 23.1 Å².